The van der Waals surface area contributed by atoms with Crippen LogP contribution in [0.15, 0.2) is 84.9 Å². The summed E-state index contributed by atoms with van der Waals surface area (Å²) in [6, 6.07) is 20.0. The van der Waals surface area contributed by atoms with E-state index in [1.54, 1.807) is 36.4 Å². The van der Waals surface area contributed by atoms with E-state index in [2.05, 4.69) is 0 Å². The number of alkyl halides is 6. The molecule has 0 heterocycles. The molecule has 3 aromatic rings. The molecule has 0 saturated heterocycles. The van der Waals surface area contributed by atoms with Crippen LogP contribution >= 0.6 is 7.26 Å². The molecule has 0 bridgehead atoms. The predicted molar refractivity (Wildman–Crippen MR) is 101 cm³/mol. The Kier molecular flexibility index (Phi) is 7.18. The molecule has 0 aliphatic carbocycles. The molecule has 0 radical (unpaired) electrons. The van der Waals surface area contributed by atoms with Gasteiger partial charge in [-0.1, -0.05) is 48.5 Å². The normalized spacial score (nSPS) is 12.3. The Morgan fingerprint density at radius 1 is 0.586 bits per heavy atom. The number of hydrogen-bond donors (Lipinski definition) is 0. The Morgan fingerprint density at radius 3 is 1.41 bits per heavy atom. The van der Waals surface area contributed by atoms with Crippen molar-refractivity contribution in [2.75, 3.05) is 6.16 Å². The molecule has 0 aromatic heterocycles. The second kappa shape index (κ2) is 8.88. The monoisotopic (exact) mass is 492 g/mol. The molecule has 154 valence electrons. The highest BCUT2D eigenvalue weighted by atomic mass is 79.9. The van der Waals surface area contributed by atoms with Crippen LogP contribution in [0.2, 0.25) is 0 Å². The van der Waals surface area contributed by atoms with Crippen molar-refractivity contribution < 1.29 is 43.3 Å². The Balaban J connectivity index is 0.00000300. The first kappa shape index (κ1) is 23.4. The van der Waals surface area contributed by atoms with Gasteiger partial charge in [-0.15, -0.1) is 0 Å². The van der Waals surface area contributed by atoms with Gasteiger partial charge < -0.3 is 17.0 Å². The predicted octanol–water partition coefficient (Wildman–Crippen LogP) is 2.57. The quantitative estimate of drug-likeness (QED) is 0.388. The molecular formula is C21H16BrF6P. The number of rotatable bonds is 4. The van der Waals surface area contributed by atoms with Gasteiger partial charge in [0.05, 0.1) is 5.56 Å². The molecule has 29 heavy (non-hydrogen) atoms. The van der Waals surface area contributed by atoms with Crippen LogP contribution in [0.25, 0.3) is 0 Å². The van der Waals surface area contributed by atoms with Crippen LogP contribution in [0.1, 0.15) is 5.56 Å². The standard InChI is InChI=1S/C21H16F6P.BrH/c22-20(23,24)15-28(16-9-3-1-4-10-16,17-11-5-2-6-12-17)19-14-8-7-13-18(19)21(25,26)27;/h1-14H,15H2;1H/q+1;/p-1. The molecule has 0 atom stereocenters. The van der Waals surface area contributed by atoms with E-state index in [4.69, 9.17) is 0 Å². The molecule has 0 unspecified atom stereocenters. The van der Waals surface area contributed by atoms with E-state index in [-0.39, 0.29) is 32.9 Å². The third-order valence-corrected chi connectivity index (χ3v) is 8.84. The molecule has 3 aromatic carbocycles. The summed E-state index contributed by atoms with van der Waals surface area (Å²) in [5.41, 5.74) is -1.03. The average Bonchev–Trinajstić information content (AvgIpc) is 2.66. The first-order valence-corrected chi connectivity index (χ1v) is 10.3. The van der Waals surface area contributed by atoms with Crippen LogP contribution in [0.3, 0.4) is 0 Å². The fourth-order valence-electron chi connectivity index (χ4n) is 3.38. The highest BCUT2D eigenvalue weighted by Crippen LogP contribution is 2.59. The summed E-state index contributed by atoms with van der Waals surface area (Å²) in [5, 5.41) is 0.211. The minimum atomic E-state index is -4.77. The summed E-state index contributed by atoms with van der Waals surface area (Å²) in [4.78, 5) is 0. The van der Waals surface area contributed by atoms with Gasteiger partial charge in [0.25, 0.3) is 0 Å². The highest BCUT2D eigenvalue weighted by molar-refractivity contribution is 7.95. The topological polar surface area (TPSA) is 0 Å². The molecule has 0 N–H and O–H groups in total. The van der Waals surface area contributed by atoms with Crippen molar-refractivity contribution in [2.45, 2.75) is 12.4 Å². The lowest BCUT2D eigenvalue weighted by Gasteiger charge is -2.30. The minimum absolute atomic E-state index is 0. The molecule has 0 amide bonds. The zero-order chi connectivity index (χ0) is 20.4. The summed E-state index contributed by atoms with van der Waals surface area (Å²) in [5.74, 6) is 0. The van der Waals surface area contributed by atoms with Gasteiger partial charge in [-0.3, -0.25) is 0 Å². The minimum Gasteiger partial charge on any atom is -1.00 e. The first-order chi connectivity index (χ1) is 13.1. The lowest BCUT2D eigenvalue weighted by molar-refractivity contribution is -0.136. The van der Waals surface area contributed by atoms with E-state index in [1.807, 2.05) is 0 Å². The van der Waals surface area contributed by atoms with E-state index in [9.17, 15) is 26.3 Å². The Morgan fingerprint density at radius 2 is 1.00 bits per heavy atom. The van der Waals surface area contributed by atoms with Gasteiger partial charge in [0, 0.05) is 0 Å². The largest absolute Gasteiger partial charge is 1.00 e. The maximum atomic E-state index is 13.8. The Bertz CT molecular complexity index is 884. The highest BCUT2D eigenvalue weighted by Gasteiger charge is 2.56. The van der Waals surface area contributed by atoms with Crippen LogP contribution in [0, 0.1) is 0 Å². The molecule has 0 saturated carbocycles. The molecular weight excluding hydrogens is 477 g/mol. The van der Waals surface area contributed by atoms with Gasteiger partial charge >= 0.3 is 12.4 Å². The second-order valence-electron chi connectivity index (χ2n) is 6.27. The first-order valence-electron chi connectivity index (χ1n) is 8.37. The number of hydrogen-bond acceptors (Lipinski definition) is 0. The van der Waals surface area contributed by atoms with Gasteiger partial charge in [-0.05, 0) is 36.4 Å². The maximum absolute atomic E-state index is 13.8. The van der Waals surface area contributed by atoms with Crippen molar-refractivity contribution in [3.63, 3.8) is 0 Å². The maximum Gasteiger partial charge on any atom is 0.423 e. The second-order valence-corrected chi connectivity index (χ2v) is 9.72. The van der Waals surface area contributed by atoms with Crippen LogP contribution in [-0.4, -0.2) is 12.3 Å². The number of halogens is 7. The SMILES string of the molecule is FC(F)(F)C[P+](c1ccccc1)(c1ccccc1)c1ccccc1C(F)(F)F.[Br-]. The molecule has 0 fully saturated rings. The molecule has 0 aliphatic heterocycles. The summed E-state index contributed by atoms with van der Waals surface area (Å²) < 4.78 is 82.7. The smallest absolute Gasteiger partial charge is 0.423 e. The fraction of sp³-hybridized carbons (Fsp3) is 0.143. The third-order valence-electron chi connectivity index (χ3n) is 4.43. The average molecular weight is 493 g/mol. The van der Waals surface area contributed by atoms with Crippen LogP contribution in [0.4, 0.5) is 26.3 Å². The van der Waals surface area contributed by atoms with Crippen LogP contribution < -0.4 is 32.9 Å². The Labute approximate surface area is 175 Å². The van der Waals surface area contributed by atoms with Crippen molar-refractivity contribution in [3.8, 4) is 0 Å². The van der Waals surface area contributed by atoms with E-state index in [0.29, 0.717) is 0 Å². The Hall–Kier alpha value is -1.85. The van der Waals surface area contributed by atoms with Gasteiger partial charge in [0.2, 0.25) is 0 Å². The summed E-state index contributed by atoms with van der Waals surface area (Å²) >= 11 is 0. The van der Waals surface area contributed by atoms with Crippen molar-refractivity contribution in [1.82, 2.24) is 0 Å². The van der Waals surface area contributed by atoms with E-state index in [1.165, 1.54) is 42.5 Å². The van der Waals surface area contributed by atoms with Crippen molar-refractivity contribution in [1.29, 1.82) is 0 Å². The van der Waals surface area contributed by atoms with Gasteiger partial charge in [-0.25, -0.2) is 0 Å². The third kappa shape index (κ3) is 5.01. The molecule has 3 rings (SSSR count). The van der Waals surface area contributed by atoms with Gasteiger partial charge in [0.1, 0.15) is 23.2 Å². The van der Waals surface area contributed by atoms with E-state index >= 15 is 0 Å². The van der Waals surface area contributed by atoms with Crippen LogP contribution in [-0.2, 0) is 6.18 Å². The van der Waals surface area contributed by atoms with Crippen molar-refractivity contribution in [2.24, 2.45) is 0 Å². The molecule has 0 nitrogen and oxygen atoms in total. The summed E-state index contributed by atoms with van der Waals surface area (Å²) in [6.07, 6.45) is -10.8. The lowest BCUT2D eigenvalue weighted by Crippen LogP contribution is -3.00. The summed E-state index contributed by atoms with van der Waals surface area (Å²) in [6.45, 7) is 0. The van der Waals surface area contributed by atoms with Crippen LogP contribution in [0.5, 0.6) is 0 Å². The van der Waals surface area contributed by atoms with E-state index in [0.717, 1.165) is 6.07 Å². The van der Waals surface area contributed by atoms with Gasteiger partial charge in [0.15, 0.2) is 6.16 Å². The molecule has 8 heteroatoms. The van der Waals surface area contributed by atoms with Crippen molar-refractivity contribution in [3.05, 3.63) is 90.5 Å². The van der Waals surface area contributed by atoms with E-state index < -0.39 is 31.3 Å². The molecule has 0 aliphatic rings. The zero-order valence-corrected chi connectivity index (χ0v) is 17.4. The fourth-order valence-corrected chi connectivity index (χ4v) is 7.62. The molecule has 0 spiro atoms. The lowest BCUT2D eigenvalue weighted by atomic mass is 10.2. The van der Waals surface area contributed by atoms with Crippen molar-refractivity contribution >= 4 is 23.2 Å². The summed E-state index contributed by atoms with van der Waals surface area (Å²) in [7, 11) is -3.65. The zero-order valence-electron chi connectivity index (χ0n) is 14.9. The number of benzene rings is 3. The van der Waals surface area contributed by atoms with Gasteiger partial charge in [-0.2, -0.15) is 26.3 Å².